The smallest absolute Gasteiger partial charge is 0.183 e. The summed E-state index contributed by atoms with van der Waals surface area (Å²) in [5, 5.41) is 6.62. The lowest BCUT2D eigenvalue weighted by Crippen LogP contribution is -1.83. The molecule has 34 valence electrons. The molecule has 0 aromatic rings. The molecule has 0 fully saturated rings. The van der Waals surface area contributed by atoms with E-state index >= 15 is 0 Å². The summed E-state index contributed by atoms with van der Waals surface area (Å²) >= 11 is 0. The van der Waals surface area contributed by atoms with Crippen LogP contribution in [-0.2, 0) is 4.79 Å². The number of carbonyl (C=O) groups excluding carboxylic acids is 1. The average Bonchev–Trinajstić information content (AvgIpc) is 2.14. The minimum atomic E-state index is 0.958. The molecule has 0 unspecified atom stereocenters. The number of rotatable bonds is 0. The van der Waals surface area contributed by atoms with Crippen LogP contribution in [0, 0.1) is 0 Å². The van der Waals surface area contributed by atoms with Gasteiger partial charge in [0, 0.05) is 0 Å². The third kappa shape index (κ3) is 0.586. The fourth-order valence-corrected chi connectivity index (χ4v) is 0.257. The lowest BCUT2D eigenvalue weighted by Gasteiger charge is -1.60. The van der Waals surface area contributed by atoms with Crippen LogP contribution in [0.5, 0.6) is 0 Å². The van der Waals surface area contributed by atoms with Gasteiger partial charge in [0.2, 0.25) is 6.20 Å². The van der Waals surface area contributed by atoms with Crippen molar-refractivity contribution in [2.45, 2.75) is 0 Å². The van der Waals surface area contributed by atoms with Gasteiger partial charge in [-0.3, -0.25) is 0 Å². The molecule has 1 aliphatic rings. The second-order valence-electron chi connectivity index (χ2n) is 0.939. The Morgan fingerprint density at radius 3 is 2.86 bits per heavy atom. The Balaban J connectivity index is 3.00. The molecule has 0 aromatic heterocycles. The van der Waals surface area contributed by atoms with Gasteiger partial charge in [-0.2, -0.15) is 4.79 Å². The van der Waals surface area contributed by atoms with Crippen molar-refractivity contribution in [1.82, 2.24) is 0 Å². The highest BCUT2D eigenvalue weighted by Crippen LogP contribution is 1.89. The molecule has 0 atom stereocenters. The van der Waals surface area contributed by atoms with E-state index in [1.807, 2.05) is 0 Å². The molecule has 0 N–H and O–H groups in total. The van der Waals surface area contributed by atoms with E-state index in [0.29, 0.717) is 0 Å². The first-order chi connectivity index (χ1) is 3.43. The first-order valence-corrected chi connectivity index (χ1v) is 1.68. The van der Waals surface area contributed by atoms with Crippen LogP contribution in [-0.4, -0.2) is 10.8 Å². The Morgan fingerprint density at radius 1 is 1.71 bits per heavy atom. The molecule has 4 nitrogen and oxygen atoms in total. The summed E-state index contributed by atoms with van der Waals surface area (Å²) in [7, 11) is 0. The van der Waals surface area contributed by atoms with E-state index in [2.05, 4.69) is 10.3 Å². The minimum Gasteiger partial charge on any atom is -0.183 e. The van der Waals surface area contributed by atoms with Crippen molar-refractivity contribution in [3.63, 3.8) is 0 Å². The summed E-state index contributed by atoms with van der Waals surface area (Å²) in [5.74, 6) is 0. The van der Waals surface area contributed by atoms with Crippen molar-refractivity contribution in [3.05, 3.63) is 12.4 Å². The monoisotopic (exact) mass is 96.0 g/mol. The van der Waals surface area contributed by atoms with E-state index in [1.165, 1.54) is 18.5 Å². The standard InChI is InChI=1S/C3H2N3O/c7-3-6-2-1-4-5-6/h1-2H/q+1. The minimum absolute atomic E-state index is 0.958. The van der Waals surface area contributed by atoms with Crippen LogP contribution in [0.15, 0.2) is 22.7 Å². The van der Waals surface area contributed by atoms with Crippen molar-refractivity contribution in [3.8, 4) is 0 Å². The highest BCUT2D eigenvalue weighted by Gasteiger charge is 1.98. The van der Waals surface area contributed by atoms with Crippen LogP contribution < -0.4 is 0 Å². The molecule has 1 rings (SSSR count). The lowest BCUT2D eigenvalue weighted by atomic mass is 10.9. The molecular weight excluding hydrogens is 94.1 g/mol. The second-order valence-corrected chi connectivity index (χ2v) is 0.939. The molecule has 4 heteroatoms. The van der Waals surface area contributed by atoms with Gasteiger partial charge in [-0.25, -0.2) is 0 Å². The van der Waals surface area contributed by atoms with Gasteiger partial charge in [0.15, 0.2) is 11.4 Å². The number of hydrogen-bond acceptors (Lipinski definition) is 3. The van der Waals surface area contributed by atoms with Crippen molar-refractivity contribution >= 4 is 6.08 Å². The molecule has 0 aromatic carbocycles. The van der Waals surface area contributed by atoms with Crippen LogP contribution in [0.4, 0.5) is 0 Å². The molecule has 0 radical (unpaired) electrons. The molecule has 1 aliphatic heterocycles. The summed E-state index contributed by atoms with van der Waals surface area (Å²) in [5.41, 5.74) is 0. The molecule has 1 heterocycles. The summed E-state index contributed by atoms with van der Waals surface area (Å²) in [6.07, 6.45) is 4.32. The van der Waals surface area contributed by atoms with Gasteiger partial charge in [0.05, 0.1) is 5.11 Å². The predicted molar refractivity (Wildman–Crippen MR) is 19.9 cm³/mol. The maximum Gasteiger partial charge on any atom is 0.353 e. The van der Waals surface area contributed by atoms with Crippen LogP contribution in [0.2, 0.25) is 0 Å². The maximum atomic E-state index is 9.60. The van der Waals surface area contributed by atoms with Crippen molar-refractivity contribution in [2.24, 2.45) is 10.3 Å². The Morgan fingerprint density at radius 2 is 2.57 bits per heavy atom. The van der Waals surface area contributed by atoms with Crippen molar-refractivity contribution in [1.29, 1.82) is 0 Å². The molecule has 0 spiro atoms. The largest absolute Gasteiger partial charge is 0.353 e. The Kier molecular flexibility index (Phi) is 0.805. The summed E-state index contributed by atoms with van der Waals surface area (Å²) in [6, 6.07) is 0. The number of nitrogens with zero attached hydrogens (tertiary/aromatic N) is 3. The molecule has 7 heavy (non-hydrogen) atoms. The van der Waals surface area contributed by atoms with E-state index in [1.54, 1.807) is 0 Å². The fraction of sp³-hybridized carbons (Fsp3) is 0. The van der Waals surface area contributed by atoms with E-state index in [9.17, 15) is 4.79 Å². The molecule has 0 saturated carbocycles. The first kappa shape index (κ1) is 3.89. The Bertz CT molecular complexity index is 161. The van der Waals surface area contributed by atoms with E-state index in [0.717, 1.165) is 4.68 Å². The SMILES string of the molecule is O=C=[N+]1C=CN=N1. The fourth-order valence-electron chi connectivity index (χ4n) is 0.257. The topological polar surface area (TPSA) is 44.8 Å². The lowest BCUT2D eigenvalue weighted by molar-refractivity contribution is -0.461. The van der Waals surface area contributed by atoms with Gasteiger partial charge in [-0.1, -0.05) is 0 Å². The quantitative estimate of drug-likeness (QED) is 0.313. The van der Waals surface area contributed by atoms with Crippen molar-refractivity contribution < 1.29 is 9.48 Å². The zero-order chi connectivity index (χ0) is 5.11. The third-order valence-electron chi connectivity index (χ3n) is 0.516. The molecule has 0 bridgehead atoms. The van der Waals surface area contributed by atoms with Gasteiger partial charge in [0.1, 0.15) is 0 Å². The molecule has 0 saturated heterocycles. The normalized spacial score (nSPS) is 15.1. The van der Waals surface area contributed by atoms with Crippen LogP contribution in [0.3, 0.4) is 0 Å². The maximum absolute atomic E-state index is 9.60. The summed E-state index contributed by atoms with van der Waals surface area (Å²) in [4.78, 5) is 9.60. The number of hydrogen-bond donors (Lipinski definition) is 0. The van der Waals surface area contributed by atoms with Crippen LogP contribution >= 0.6 is 0 Å². The molecular formula is C3H2N3O+. The van der Waals surface area contributed by atoms with Gasteiger partial charge < -0.3 is 0 Å². The average molecular weight is 96.1 g/mol. The Labute approximate surface area is 39.5 Å². The van der Waals surface area contributed by atoms with Crippen LogP contribution in [0.25, 0.3) is 0 Å². The van der Waals surface area contributed by atoms with Gasteiger partial charge in [0.25, 0.3) is 0 Å². The van der Waals surface area contributed by atoms with Gasteiger partial charge in [-0.05, 0) is 4.68 Å². The zero-order valence-corrected chi connectivity index (χ0v) is 3.40. The number of isocyanates is 1. The van der Waals surface area contributed by atoms with E-state index in [-0.39, 0.29) is 0 Å². The van der Waals surface area contributed by atoms with E-state index < -0.39 is 0 Å². The molecule has 0 aliphatic carbocycles. The third-order valence-corrected chi connectivity index (χ3v) is 0.516. The van der Waals surface area contributed by atoms with E-state index in [4.69, 9.17) is 0 Å². The highest BCUT2D eigenvalue weighted by atomic mass is 16.1. The van der Waals surface area contributed by atoms with Crippen molar-refractivity contribution in [2.75, 3.05) is 0 Å². The Hall–Kier alpha value is -1.28. The predicted octanol–water partition coefficient (Wildman–Crippen LogP) is 0.187. The van der Waals surface area contributed by atoms with Gasteiger partial charge in [-0.15, -0.1) is 0 Å². The highest BCUT2D eigenvalue weighted by molar-refractivity contribution is 5.25. The summed E-state index contributed by atoms with van der Waals surface area (Å²) < 4.78 is 0.958. The van der Waals surface area contributed by atoms with Crippen LogP contribution in [0.1, 0.15) is 0 Å². The van der Waals surface area contributed by atoms with Gasteiger partial charge >= 0.3 is 6.08 Å². The molecule has 0 amide bonds. The second kappa shape index (κ2) is 1.45. The first-order valence-electron chi connectivity index (χ1n) is 1.68. The summed E-state index contributed by atoms with van der Waals surface area (Å²) in [6.45, 7) is 0. The zero-order valence-electron chi connectivity index (χ0n) is 3.40.